The molecule has 3 nitrogen and oxygen atoms in total. The SMILES string of the molecule is CN(CC(C)(C)CN)C(=O)C1CCSCC1. The van der Waals surface area contributed by atoms with Crippen molar-refractivity contribution in [2.24, 2.45) is 17.1 Å². The van der Waals surface area contributed by atoms with Crippen molar-refractivity contribution in [2.75, 3.05) is 31.6 Å². The molecule has 1 aliphatic rings. The Labute approximate surface area is 103 Å². The van der Waals surface area contributed by atoms with Gasteiger partial charge in [0.15, 0.2) is 0 Å². The summed E-state index contributed by atoms with van der Waals surface area (Å²) in [7, 11) is 1.90. The van der Waals surface area contributed by atoms with Gasteiger partial charge in [0.25, 0.3) is 0 Å². The number of nitrogens with two attached hydrogens (primary N) is 1. The van der Waals surface area contributed by atoms with E-state index in [0.717, 1.165) is 30.9 Å². The fourth-order valence-corrected chi connectivity index (χ4v) is 3.15. The van der Waals surface area contributed by atoms with E-state index in [2.05, 4.69) is 13.8 Å². The second-order valence-electron chi connectivity index (χ2n) is 5.45. The van der Waals surface area contributed by atoms with E-state index >= 15 is 0 Å². The summed E-state index contributed by atoms with van der Waals surface area (Å²) in [5.41, 5.74) is 5.71. The molecule has 1 fully saturated rings. The average Bonchev–Trinajstić information content (AvgIpc) is 2.28. The van der Waals surface area contributed by atoms with Gasteiger partial charge < -0.3 is 10.6 Å². The number of rotatable bonds is 4. The Kier molecular flexibility index (Phi) is 5.12. The summed E-state index contributed by atoms with van der Waals surface area (Å²) < 4.78 is 0. The van der Waals surface area contributed by atoms with Gasteiger partial charge in [-0.3, -0.25) is 4.79 Å². The Balaban J connectivity index is 2.46. The molecule has 1 amide bonds. The van der Waals surface area contributed by atoms with Crippen LogP contribution in [0.15, 0.2) is 0 Å². The zero-order valence-electron chi connectivity index (χ0n) is 10.7. The molecule has 94 valence electrons. The van der Waals surface area contributed by atoms with E-state index in [1.165, 1.54) is 0 Å². The van der Waals surface area contributed by atoms with E-state index in [1.54, 1.807) is 0 Å². The van der Waals surface area contributed by atoms with Crippen molar-refractivity contribution in [1.82, 2.24) is 4.90 Å². The zero-order chi connectivity index (χ0) is 12.2. The molecule has 0 aromatic heterocycles. The third-order valence-corrected chi connectivity index (χ3v) is 4.21. The minimum atomic E-state index is 0.0217. The van der Waals surface area contributed by atoms with Gasteiger partial charge >= 0.3 is 0 Å². The van der Waals surface area contributed by atoms with Crippen molar-refractivity contribution < 1.29 is 4.79 Å². The van der Waals surface area contributed by atoms with Crippen LogP contribution in [-0.2, 0) is 4.79 Å². The molecule has 0 aromatic carbocycles. The summed E-state index contributed by atoms with van der Waals surface area (Å²) in [6.07, 6.45) is 2.08. The molecule has 4 heteroatoms. The lowest BCUT2D eigenvalue weighted by Gasteiger charge is -2.32. The van der Waals surface area contributed by atoms with E-state index in [9.17, 15) is 4.79 Å². The molecule has 0 radical (unpaired) electrons. The van der Waals surface area contributed by atoms with Crippen LogP contribution in [0.1, 0.15) is 26.7 Å². The molecule has 0 aliphatic carbocycles. The predicted molar refractivity (Wildman–Crippen MR) is 70.5 cm³/mol. The number of amides is 1. The topological polar surface area (TPSA) is 46.3 Å². The van der Waals surface area contributed by atoms with Gasteiger partial charge in [0.1, 0.15) is 0 Å². The molecule has 0 bridgehead atoms. The van der Waals surface area contributed by atoms with Crippen LogP contribution < -0.4 is 5.73 Å². The van der Waals surface area contributed by atoms with Crippen LogP contribution in [-0.4, -0.2) is 42.4 Å². The Morgan fingerprint density at radius 1 is 1.44 bits per heavy atom. The molecule has 1 saturated heterocycles. The first-order valence-electron chi connectivity index (χ1n) is 5.99. The van der Waals surface area contributed by atoms with E-state index in [-0.39, 0.29) is 11.3 Å². The van der Waals surface area contributed by atoms with Gasteiger partial charge in [-0.15, -0.1) is 0 Å². The third-order valence-electron chi connectivity index (χ3n) is 3.16. The van der Waals surface area contributed by atoms with Gasteiger partial charge in [-0.2, -0.15) is 11.8 Å². The van der Waals surface area contributed by atoms with Gasteiger partial charge in [-0.1, -0.05) is 13.8 Å². The lowest BCUT2D eigenvalue weighted by Crippen LogP contribution is -2.42. The Hall–Kier alpha value is -0.220. The minimum Gasteiger partial charge on any atom is -0.345 e. The molecule has 1 aliphatic heterocycles. The maximum Gasteiger partial charge on any atom is 0.225 e. The Bertz CT molecular complexity index is 237. The van der Waals surface area contributed by atoms with Crippen LogP contribution in [0.4, 0.5) is 0 Å². The standard InChI is InChI=1S/C12H24N2OS/c1-12(2,8-13)9-14(3)11(15)10-4-6-16-7-5-10/h10H,4-9,13H2,1-3H3. The molecule has 0 spiro atoms. The summed E-state index contributed by atoms with van der Waals surface area (Å²) in [4.78, 5) is 14.0. The molecule has 1 heterocycles. The number of hydrogen-bond acceptors (Lipinski definition) is 3. The molecule has 0 saturated carbocycles. The highest BCUT2D eigenvalue weighted by atomic mass is 32.2. The van der Waals surface area contributed by atoms with Crippen molar-refractivity contribution >= 4 is 17.7 Å². The molecule has 0 atom stereocenters. The average molecular weight is 244 g/mol. The number of hydrogen-bond donors (Lipinski definition) is 1. The fraction of sp³-hybridized carbons (Fsp3) is 0.917. The maximum absolute atomic E-state index is 12.2. The Morgan fingerprint density at radius 3 is 2.50 bits per heavy atom. The molecular weight excluding hydrogens is 220 g/mol. The second-order valence-corrected chi connectivity index (χ2v) is 6.67. The molecular formula is C12H24N2OS. The van der Waals surface area contributed by atoms with Gasteiger partial charge in [0.2, 0.25) is 5.91 Å². The third kappa shape index (κ3) is 3.98. The van der Waals surface area contributed by atoms with Crippen LogP contribution in [0, 0.1) is 11.3 Å². The molecule has 0 unspecified atom stereocenters. The number of thioether (sulfide) groups is 1. The fourth-order valence-electron chi connectivity index (χ4n) is 2.04. The molecule has 1 rings (SSSR count). The number of carbonyl (C=O) groups is 1. The van der Waals surface area contributed by atoms with E-state index < -0.39 is 0 Å². The van der Waals surface area contributed by atoms with E-state index in [0.29, 0.717) is 12.5 Å². The summed E-state index contributed by atoms with van der Waals surface area (Å²) in [5, 5.41) is 0. The smallest absolute Gasteiger partial charge is 0.225 e. The lowest BCUT2D eigenvalue weighted by atomic mass is 9.92. The molecule has 0 aromatic rings. The minimum absolute atomic E-state index is 0.0217. The summed E-state index contributed by atoms with van der Waals surface area (Å²) in [6, 6.07) is 0. The van der Waals surface area contributed by atoms with Crippen LogP contribution in [0.2, 0.25) is 0 Å². The highest BCUT2D eigenvalue weighted by molar-refractivity contribution is 7.99. The van der Waals surface area contributed by atoms with Gasteiger partial charge in [0.05, 0.1) is 0 Å². The van der Waals surface area contributed by atoms with E-state index in [1.807, 2.05) is 23.7 Å². The first-order chi connectivity index (χ1) is 7.46. The van der Waals surface area contributed by atoms with Crippen LogP contribution in [0.3, 0.4) is 0 Å². The molecule has 2 N–H and O–H groups in total. The van der Waals surface area contributed by atoms with E-state index in [4.69, 9.17) is 5.73 Å². The van der Waals surface area contributed by atoms with Gasteiger partial charge in [-0.25, -0.2) is 0 Å². The normalized spacial score (nSPS) is 18.5. The number of carbonyl (C=O) groups excluding carboxylic acids is 1. The predicted octanol–water partition coefficient (Wildman–Crippen LogP) is 1.57. The largest absolute Gasteiger partial charge is 0.345 e. The molecule has 16 heavy (non-hydrogen) atoms. The number of nitrogens with zero attached hydrogens (tertiary/aromatic N) is 1. The van der Waals surface area contributed by atoms with Crippen molar-refractivity contribution in [3.05, 3.63) is 0 Å². The quantitative estimate of drug-likeness (QED) is 0.816. The van der Waals surface area contributed by atoms with Crippen LogP contribution in [0.5, 0.6) is 0 Å². The Morgan fingerprint density at radius 2 is 2.00 bits per heavy atom. The second kappa shape index (κ2) is 5.92. The van der Waals surface area contributed by atoms with Gasteiger partial charge in [0, 0.05) is 19.5 Å². The highest BCUT2D eigenvalue weighted by Gasteiger charge is 2.27. The highest BCUT2D eigenvalue weighted by Crippen LogP contribution is 2.25. The van der Waals surface area contributed by atoms with Crippen molar-refractivity contribution in [3.63, 3.8) is 0 Å². The van der Waals surface area contributed by atoms with Crippen molar-refractivity contribution in [1.29, 1.82) is 0 Å². The summed E-state index contributed by atoms with van der Waals surface area (Å²) >= 11 is 1.95. The first kappa shape index (κ1) is 13.8. The van der Waals surface area contributed by atoms with Crippen molar-refractivity contribution in [3.8, 4) is 0 Å². The monoisotopic (exact) mass is 244 g/mol. The summed E-state index contributed by atoms with van der Waals surface area (Å²) in [5.74, 6) is 2.82. The zero-order valence-corrected chi connectivity index (χ0v) is 11.5. The maximum atomic E-state index is 12.2. The van der Waals surface area contributed by atoms with Crippen molar-refractivity contribution in [2.45, 2.75) is 26.7 Å². The summed E-state index contributed by atoms with van der Waals surface area (Å²) in [6.45, 7) is 5.58. The first-order valence-corrected chi connectivity index (χ1v) is 7.14. The van der Waals surface area contributed by atoms with Crippen LogP contribution in [0.25, 0.3) is 0 Å². The lowest BCUT2D eigenvalue weighted by molar-refractivity contribution is -0.135. The van der Waals surface area contributed by atoms with Gasteiger partial charge in [-0.05, 0) is 36.3 Å². The van der Waals surface area contributed by atoms with Crippen LogP contribution >= 0.6 is 11.8 Å².